The fraction of sp³-hybridized carbons (Fsp3) is 0.700. The standard InChI is InChI=1S/C20H32N2O10/c1-29-17(25)9-7-15(23)13-21-19(27)31-11-5-3-4-6-12-32-20(28)22-14-16(24)8-10-18(26)30-2/h3-14H2,1-2H3,(H,21,27)(H,22,28). The maximum atomic E-state index is 11.5. The minimum absolute atomic E-state index is 0.0151. The summed E-state index contributed by atoms with van der Waals surface area (Å²) in [5.74, 6) is -1.59. The third-order valence-corrected chi connectivity index (χ3v) is 4.04. The third kappa shape index (κ3) is 17.7. The number of rotatable bonds is 17. The maximum absolute atomic E-state index is 11.5. The molecule has 32 heavy (non-hydrogen) atoms. The lowest BCUT2D eigenvalue weighted by Gasteiger charge is -2.07. The van der Waals surface area contributed by atoms with Gasteiger partial charge in [0, 0.05) is 12.8 Å². The van der Waals surface area contributed by atoms with Crippen LogP contribution in [0.5, 0.6) is 0 Å². The van der Waals surface area contributed by atoms with E-state index in [9.17, 15) is 28.8 Å². The molecule has 0 unspecified atom stereocenters. The van der Waals surface area contributed by atoms with Gasteiger partial charge in [-0.15, -0.1) is 0 Å². The molecular weight excluding hydrogens is 428 g/mol. The molecule has 0 aliphatic heterocycles. The van der Waals surface area contributed by atoms with Crippen LogP contribution in [-0.2, 0) is 38.1 Å². The number of amides is 2. The van der Waals surface area contributed by atoms with E-state index in [2.05, 4.69) is 20.1 Å². The monoisotopic (exact) mass is 460 g/mol. The van der Waals surface area contributed by atoms with Crippen molar-refractivity contribution in [2.24, 2.45) is 0 Å². The molecule has 0 radical (unpaired) electrons. The molecule has 0 fully saturated rings. The molecular formula is C20H32N2O10. The number of methoxy groups -OCH3 is 2. The zero-order chi connectivity index (χ0) is 24.2. The van der Waals surface area contributed by atoms with Crippen LogP contribution in [-0.4, -0.2) is 76.2 Å². The fourth-order valence-electron chi connectivity index (χ4n) is 2.19. The Balaban J connectivity index is 3.55. The lowest BCUT2D eigenvalue weighted by Crippen LogP contribution is -2.30. The highest BCUT2D eigenvalue weighted by molar-refractivity contribution is 5.87. The molecule has 0 rings (SSSR count). The van der Waals surface area contributed by atoms with E-state index < -0.39 is 24.1 Å². The molecule has 0 saturated heterocycles. The number of nitrogens with one attached hydrogen (secondary N) is 2. The van der Waals surface area contributed by atoms with Crippen molar-refractivity contribution in [2.45, 2.75) is 51.4 Å². The summed E-state index contributed by atoms with van der Waals surface area (Å²) < 4.78 is 18.7. The molecule has 0 aromatic carbocycles. The van der Waals surface area contributed by atoms with Crippen LogP contribution in [0.25, 0.3) is 0 Å². The molecule has 0 atom stereocenters. The molecule has 2 N–H and O–H groups in total. The van der Waals surface area contributed by atoms with Crippen LogP contribution in [0.2, 0.25) is 0 Å². The van der Waals surface area contributed by atoms with Gasteiger partial charge in [0.25, 0.3) is 0 Å². The number of hydrogen-bond acceptors (Lipinski definition) is 10. The topological polar surface area (TPSA) is 163 Å². The smallest absolute Gasteiger partial charge is 0.407 e. The minimum Gasteiger partial charge on any atom is -0.469 e. The van der Waals surface area contributed by atoms with E-state index in [0.29, 0.717) is 12.8 Å². The van der Waals surface area contributed by atoms with Crippen molar-refractivity contribution in [3.8, 4) is 0 Å². The van der Waals surface area contributed by atoms with E-state index in [1.165, 1.54) is 14.2 Å². The van der Waals surface area contributed by atoms with E-state index in [1.807, 2.05) is 0 Å². The highest BCUT2D eigenvalue weighted by Gasteiger charge is 2.10. The number of hydrogen-bond donors (Lipinski definition) is 2. The Morgan fingerprint density at radius 1 is 0.562 bits per heavy atom. The molecule has 0 bridgehead atoms. The number of Topliss-reactive ketones (excluding diaryl/α,β-unsaturated/α-hetero) is 2. The van der Waals surface area contributed by atoms with E-state index in [-0.39, 0.29) is 63.6 Å². The summed E-state index contributed by atoms with van der Waals surface area (Å²) in [6.45, 7) is -0.0767. The molecule has 0 heterocycles. The van der Waals surface area contributed by atoms with Gasteiger partial charge in [-0.1, -0.05) is 0 Å². The Morgan fingerprint density at radius 3 is 1.28 bits per heavy atom. The number of carbonyl (C=O) groups excluding carboxylic acids is 6. The molecule has 182 valence electrons. The van der Waals surface area contributed by atoms with Gasteiger partial charge in [-0.05, 0) is 25.7 Å². The Morgan fingerprint density at radius 2 is 0.938 bits per heavy atom. The van der Waals surface area contributed by atoms with Crippen LogP contribution in [0.1, 0.15) is 51.4 Å². The van der Waals surface area contributed by atoms with Crippen LogP contribution >= 0.6 is 0 Å². The van der Waals surface area contributed by atoms with E-state index >= 15 is 0 Å². The van der Waals surface area contributed by atoms with Crippen LogP contribution in [0.4, 0.5) is 9.59 Å². The lowest BCUT2D eigenvalue weighted by molar-refractivity contribution is -0.142. The van der Waals surface area contributed by atoms with Gasteiger partial charge < -0.3 is 29.6 Å². The Labute approximate surface area is 186 Å². The Kier molecular flexibility index (Phi) is 16.7. The van der Waals surface area contributed by atoms with Gasteiger partial charge in [0.15, 0.2) is 11.6 Å². The van der Waals surface area contributed by atoms with E-state index in [4.69, 9.17) is 9.47 Å². The largest absolute Gasteiger partial charge is 0.469 e. The van der Waals surface area contributed by atoms with Gasteiger partial charge in [0.05, 0.1) is 53.4 Å². The number of alkyl carbamates (subject to hydrolysis) is 2. The summed E-state index contributed by atoms with van der Waals surface area (Å²) in [4.78, 5) is 67.7. The normalized spacial score (nSPS) is 9.94. The first-order valence-electron chi connectivity index (χ1n) is 10.3. The summed E-state index contributed by atoms with van der Waals surface area (Å²) >= 11 is 0. The number of carbonyl (C=O) groups is 6. The molecule has 0 aromatic rings. The second-order valence-corrected chi connectivity index (χ2v) is 6.62. The lowest BCUT2D eigenvalue weighted by atomic mass is 10.2. The van der Waals surface area contributed by atoms with Crippen LogP contribution in [0.3, 0.4) is 0 Å². The van der Waals surface area contributed by atoms with Crippen LogP contribution < -0.4 is 10.6 Å². The van der Waals surface area contributed by atoms with E-state index in [1.54, 1.807) is 0 Å². The number of ether oxygens (including phenoxy) is 4. The van der Waals surface area contributed by atoms with Gasteiger partial charge in [-0.3, -0.25) is 19.2 Å². The molecule has 0 aliphatic carbocycles. The number of ketones is 2. The van der Waals surface area contributed by atoms with Crippen molar-refractivity contribution in [2.75, 3.05) is 40.5 Å². The average Bonchev–Trinajstić information content (AvgIpc) is 2.79. The van der Waals surface area contributed by atoms with Crippen molar-refractivity contribution < 1.29 is 47.7 Å². The Bertz CT molecular complexity index is 582. The van der Waals surface area contributed by atoms with Crippen molar-refractivity contribution in [3.05, 3.63) is 0 Å². The summed E-state index contributed by atoms with van der Waals surface area (Å²) in [5.41, 5.74) is 0. The SMILES string of the molecule is COC(=O)CCC(=O)CNC(=O)OCCCCCCOC(=O)NCC(=O)CCC(=O)OC. The number of esters is 2. The van der Waals surface area contributed by atoms with Gasteiger partial charge in [-0.25, -0.2) is 9.59 Å². The summed E-state index contributed by atoms with van der Waals surface area (Å²) in [7, 11) is 2.46. The third-order valence-electron chi connectivity index (χ3n) is 4.04. The quantitative estimate of drug-likeness (QED) is 0.182. The van der Waals surface area contributed by atoms with Gasteiger partial charge >= 0.3 is 24.1 Å². The van der Waals surface area contributed by atoms with Crippen molar-refractivity contribution in [3.63, 3.8) is 0 Å². The predicted molar refractivity (Wildman–Crippen MR) is 110 cm³/mol. The molecule has 0 aliphatic rings. The van der Waals surface area contributed by atoms with Crippen LogP contribution in [0.15, 0.2) is 0 Å². The highest BCUT2D eigenvalue weighted by Crippen LogP contribution is 2.01. The summed E-state index contributed by atoms with van der Waals surface area (Å²) in [6.07, 6.45) is 1.16. The van der Waals surface area contributed by atoms with Gasteiger partial charge in [0.1, 0.15) is 0 Å². The highest BCUT2D eigenvalue weighted by atomic mass is 16.6. The van der Waals surface area contributed by atoms with Crippen molar-refractivity contribution >= 4 is 35.7 Å². The van der Waals surface area contributed by atoms with Gasteiger partial charge in [0.2, 0.25) is 0 Å². The minimum atomic E-state index is -0.711. The molecule has 0 spiro atoms. The fourth-order valence-corrected chi connectivity index (χ4v) is 2.19. The maximum Gasteiger partial charge on any atom is 0.407 e. The Hall–Kier alpha value is -3.18. The molecule has 12 heteroatoms. The molecule has 12 nitrogen and oxygen atoms in total. The van der Waals surface area contributed by atoms with Crippen molar-refractivity contribution in [1.29, 1.82) is 0 Å². The van der Waals surface area contributed by atoms with Crippen molar-refractivity contribution in [1.82, 2.24) is 10.6 Å². The second kappa shape index (κ2) is 18.6. The predicted octanol–water partition coefficient (Wildman–Crippen LogP) is 1.04. The first kappa shape index (κ1) is 28.8. The zero-order valence-electron chi connectivity index (χ0n) is 18.6. The van der Waals surface area contributed by atoms with Gasteiger partial charge in [-0.2, -0.15) is 0 Å². The van der Waals surface area contributed by atoms with E-state index in [0.717, 1.165) is 12.8 Å². The number of unbranched alkanes of at least 4 members (excludes halogenated alkanes) is 3. The second-order valence-electron chi connectivity index (χ2n) is 6.62. The first-order chi connectivity index (χ1) is 15.3. The molecule has 2 amide bonds. The summed E-state index contributed by atoms with van der Waals surface area (Å²) in [5, 5.41) is 4.62. The first-order valence-corrected chi connectivity index (χ1v) is 10.3. The zero-order valence-corrected chi connectivity index (χ0v) is 18.6. The molecule has 0 saturated carbocycles. The van der Waals surface area contributed by atoms with Crippen LogP contribution in [0, 0.1) is 0 Å². The summed E-state index contributed by atoms with van der Waals surface area (Å²) in [6, 6.07) is 0. The molecule has 0 aromatic heterocycles. The average molecular weight is 460 g/mol.